The van der Waals surface area contributed by atoms with Crippen molar-refractivity contribution in [1.29, 1.82) is 0 Å². The van der Waals surface area contributed by atoms with Crippen molar-refractivity contribution in [3.8, 4) is 28.7 Å². The van der Waals surface area contributed by atoms with Crippen LogP contribution in [0.2, 0.25) is 0 Å². The van der Waals surface area contributed by atoms with Crippen LogP contribution in [0.1, 0.15) is 67.6 Å². The second kappa shape index (κ2) is 7.69. The van der Waals surface area contributed by atoms with E-state index in [1.807, 2.05) is 19.1 Å². The Hall–Kier alpha value is -3.41. The first-order valence-electron chi connectivity index (χ1n) is 10.3. The van der Waals surface area contributed by atoms with Crippen LogP contribution in [0.5, 0.6) is 28.7 Å². The van der Waals surface area contributed by atoms with Crippen LogP contribution in [0.4, 0.5) is 0 Å². The molecule has 0 radical (unpaired) electrons. The van der Waals surface area contributed by atoms with Crippen molar-refractivity contribution in [2.24, 2.45) is 0 Å². The SMILES string of the molecule is CC(C)=CCC[C@]1(C)C=Cc2c(O)ccc([C@@H]3CC(=O)c4c(O)cc(O)cc4O3)c2O1. The number of benzene rings is 2. The summed E-state index contributed by atoms with van der Waals surface area (Å²) in [6, 6.07) is 5.68. The van der Waals surface area contributed by atoms with Crippen molar-refractivity contribution in [3.63, 3.8) is 0 Å². The summed E-state index contributed by atoms with van der Waals surface area (Å²) in [6.45, 7) is 6.09. The molecule has 0 aliphatic carbocycles. The quantitative estimate of drug-likeness (QED) is 0.569. The van der Waals surface area contributed by atoms with Gasteiger partial charge in [-0.2, -0.15) is 0 Å². The molecular weight excluding hydrogens is 396 g/mol. The summed E-state index contributed by atoms with van der Waals surface area (Å²) < 4.78 is 12.4. The van der Waals surface area contributed by atoms with E-state index in [-0.39, 0.29) is 40.8 Å². The van der Waals surface area contributed by atoms with Crippen LogP contribution in [-0.4, -0.2) is 26.7 Å². The molecule has 0 fully saturated rings. The Balaban J connectivity index is 1.70. The number of rotatable bonds is 4. The van der Waals surface area contributed by atoms with Gasteiger partial charge in [-0.25, -0.2) is 0 Å². The highest BCUT2D eigenvalue weighted by Gasteiger charge is 2.36. The molecular formula is C25H26O6. The number of ketones is 1. The van der Waals surface area contributed by atoms with Gasteiger partial charge in [0.2, 0.25) is 0 Å². The molecule has 0 saturated carbocycles. The van der Waals surface area contributed by atoms with E-state index in [1.165, 1.54) is 11.6 Å². The van der Waals surface area contributed by atoms with Crippen molar-refractivity contribution in [2.75, 3.05) is 0 Å². The standard InChI is InChI=1S/C25H26O6/c1-14(2)5-4-9-25(3)10-8-16-18(27)7-6-17(24(16)31-25)21-13-20(29)23-19(28)11-15(26)12-22(23)30-21/h5-8,10-12,21,26-28H,4,9,13H2,1-3H3/t21-,25+/m0/s1. The van der Waals surface area contributed by atoms with Crippen LogP contribution in [0.25, 0.3) is 6.08 Å². The predicted octanol–water partition coefficient (Wildman–Crippen LogP) is 5.42. The van der Waals surface area contributed by atoms with Crippen LogP contribution in [0.15, 0.2) is 42.0 Å². The summed E-state index contributed by atoms with van der Waals surface area (Å²) in [6.07, 6.45) is 6.86. The molecule has 0 spiro atoms. The topological polar surface area (TPSA) is 96.2 Å². The number of allylic oxidation sites excluding steroid dienone is 2. The molecule has 2 atom stereocenters. The van der Waals surface area contributed by atoms with Gasteiger partial charge in [0.25, 0.3) is 0 Å². The van der Waals surface area contributed by atoms with E-state index in [0.29, 0.717) is 16.9 Å². The normalized spacial score (nSPS) is 21.5. The van der Waals surface area contributed by atoms with Crippen LogP contribution in [-0.2, 0) is 0 Å². The fourth-order valence-corrected chi connectivity index (χ4v) is 4.04. The second-order valence-electron chi connectivity index (χ2n) is 8.56. The fourth-order valence-electron chi connectivity index (χ4n) is 4.04. The van der Waals surface area contributed by atoms with Crippen molar-refractivity contribution in [3.05, 3.63) is 58.7 Å². The second-order valence-corrected chi connectivity index (χ2v) is 8.56. The average Bonchev–Trinajstić information content (AvgIpc) is 2.66. The lowest BCUT2D eigenvalue weighted by Gasteiger charge is -2.35. The number of aromatic hydroxyl groups is 3. The Bertz CT molecular complexity index is 1110. The first-order valence-corrected chi connectivity index (χ1v) is 10.3. The Morgan fingerprint density at radius 3 is 2.71 bits per heavy atom. The van der Waals surface area contributed by atoms with E-state index >= 15 is 0 Å². The van der Waals surface area contributed by atoms with Crippen LogP contribution >= 0.6 is 0 Å². The van der Waals surface area contributed by atoms with Crippen molar-refractivity contribution < 1.29 is 29.6 Å². The molecule has 0 amide bonds. The summed E-state index contributed by atoms with van der Waals surface area (Å²) in [4.78, 5) is 12.7. The third kappa shape index (κ3) is 3.98. The Kier molecular flexibility index (Phi) is 5.17. The third-order valence-corrected chi connectivity index (χ3v) is 5.67. The molecule has 162 valence electrons. The molecule has 0 aromatic heterocycles. The number of ether oxygens (including phenoxy) is 2. The first-order chi connectivity index (χ1) is 14.7. The molecule has 31 heavy (non-hydrogen) atoms. The van der Waals surface area contributed by atoms with Gasteiger partial charge in [-0.3, -0.25) is 4.79 Å². The molecule has 0 unspecified atom stereocenters. The predicted molar refractivity (Wildman–Crippen MR) is 117 cm³/mol. The fraction of sp³-hybridized carbons (Fsp3) is 0.320. The maximum absolute atomic E-state index is 12.7. The van der Waals surface area contributed by atoms with Gasteiger partial charge in [0.15, 0.2) is 5.78 Å². The van der Waals surface area contributed by atoms with Crippen LogP contribution < -0.4 is 9.47 Å². The Morgan fingerprint density at radius 1 is 1.19 bits per heavy atom. The molecule has 0 saturated heterocycles. The third-order valence-electron chi connectivity index (χ3n) is 5.67. The zero-order valence-corrected chi connectivity index (χ0v) is 17.8. The van der Waals surface area contributed by atoms with E-state index in [0.717, 1.165) is 18.9 Å². The van der Waals surface area contributed by atoms with Crippen molar-refractivity contribution in [2.45, 2.75) is 51.7 Å². The number of hydrogen-bond donors (Lipinski definition) is 3. The van der Waals surface area contributed by atoms with E-state index in [2.05, 4.69) is 19.9 Å². The first kappa shape index (κ1) is 20.8. The summed E-state index contributed by atoms with van der Waals surface area (Å²) in [5, 5.41) is 30.2. The lowest BCUT2D eigenvalue weighted by atomic mass is 9.90. The molecule has 2 aliphatic rings. The summed E-state index contributed by atoms with van der Waals surface area (Å²) >= 11 is 0. The monoisotopic (exact) mass is 422 g/mol. The largest absolute Gasteiger partial charge is 0.508 e. The van der Waals surface area contributed by atoms with Crippen molar-refractivity contribution in [1.82, 2.24) is 0 Å². The van der Waals surface area contributed by atoms with Gasteiger partial charge < -0.3 is 24.8 Å². The number of carbonyl (C=O) groups excluding carboxylic acids is 1. The molecule has 2 heterocycles. The molecule has 0 bridgehead atoms. The smallest absolute Gasteiger partial charge is 0.174 e. The Labute approximate surface area is 181 Å². The number of phenolic OH excluding ortho intramolecular Hbond substituents is 3. The van der Waals surface area contributed by atoms with Gasteiger partial charge in [-0.1, -0.05) is 11.6 Å². The van der Waals surface area contributed by atoms with Gasteiger partial charge in [0.05, 0.1) is 12.0 Å². The lowest BCUT2D eigenvalue weighted by Crippen LogP contribution is -2.33. The van der Waals surface area contributed by atoms with E-state index in [4.69, 9.17) is 9.47 Å². The van der Waals surface area contributed by atoms with Gasteiger partial charge >= 0.3 is 0 Å². The molecule has 6 nitrogen and oxygen atoms in total. The summed E-state index contributed by atoms with van der Waals surface area (Å²) in [5.74, 6) is -0.103. The summed E-state index contributed by atoms with van der Waals surface area (Å²) in [7, 11) is 0. The Morgan fingerprint density at radius 2 is 1.97 bits per heavy atom. The lowest BCUT2D eigenvalue weighted by molar-refractivity contribution is 0.0824. The molecule has 4 rings (SSSR count). The molecule has 2 aliphatic heterocycles. The summed E-state index contributed by atoms with van der Waals surface area (Å²) in [5.41, 5.74) is 1.90. The maximum atomic E-state index is 12.7. The molecule has 2 aromatic carbocycles. The minimum Gasteiger partial charge on any atom is -0.508 e. The molecule has 3 N–H and O–H groups in total. The molecule has 6 heteroatoms. The highest BCUT2D eigenvalue weighted by atomic mass is 16.5. The average molecular weight is 422 g/mol. The van der Waals surface area contributed by atoms with Crippen LogP contribution in [0, 0.1) is 0 Å². The zero-order chi connectivity index (χ0) is 22.3. The van der Waals surface area contributed by atoms with Crippen LogP contribution in [0.3, 0.4) is 0 Å². The number of fused-ring (bicyclic) bond motifs is 2. The van der Waals surface area contributed by atoms with Gasteiger partial charge in [-0.05, 0) is 57.9 Å². The maximum Gasteiger partial charge on any atom is 0.174 e. The zero-order valence-electron chi connectivity index (χ0n) is 17.8. The van der Waals surface area contributed by atoms with E-state index in [9.17, 15) is 20.1 Å². The van der Waals surface area contributed by atoms with E-state index < -0.39 is 11.7 Å². The highest BCUT2D eigenvalue weighted by molar-refractivity contribution is 6.02. The highest BCUT2D eigenvalue weighted by Crippen LogP contribution is 2.47. The van der Waals surface area contributed by atoms with Gasteiger partial charge in [-0.15, -0.1) is 0 Å². The van der Waals surface area contributed by atoms with Gasteiger partial charge in [0.1, 0.15) is 46.0 Å². The minimum atomic E-state index is -0.677. The van der Waals surface area contributed by atoms with Crippen molar-refractivity contribution >= 4 is 11.9 Å². The number of carbonyl (C=O) groups is 1. The molecule has 2 aromatic rings. The number of Topliss-reactive ketones (excluding diaryl/α,β-unsaturated/α-hetero) is 1. The van der Waals surface area contributed by atoms with Gasteiger partial charge in [0, 0.05) is 17.7 Å². The van der Waals surface area contributed by atoms with E-state index in [1.54, 1.807) is 12.1 Å². The number of phenols is 3. The minimum absolute atomic E-state index is 0.00407. The number of hydrogen-bond acceptors (Lipinski definition) is 6.